The minimum atomic E-state index is -0.566. The molecular formula is C8H16O2. The molecule has 0 aliphatic carbocycles. The molecule has 2 heteroatoms. The monoisotopic (exact) mass is 144 g/mol. The topological polar surface area (TPSA) is 29.5 Å². The SMILES string of the molecule is C[C@@H]1CO[C@@H](O)C(C)(C)C1. The minimum absolute atomic E-state index is 0.0579. The molecule has 0 aromatic rings. The molecule has 0 spiro atoms. The van der Waals surface area contributed by atoms with Crippen LogP contribution in [0, 0.1) is 11.3 Å². The van der Waals surface area contributed by atoms with Gasteiger partial charge in [-0.15, -0.1) is 0 Å². The van der Waals surface area contributed by atoms with Crippen molar-refractivity contribution < 1.29 is 9.84 Å². The zero-order chi connectivity index (χ0) is 7.78. The first-order valence-corrected chi connectivity index (χ1v) is 3.82. The normalized spacial score (nSPS) is 39.6. The lowest BCUT2D eigenvalue weighted by molar-refractivity contribution is -0.205. The number of aliphatic hydroxyl groups is 1. The number of aliphatic hydroxyl groups excluding tert-OH is 1. The molecule has 0 saturated carbocycles. The van der Waals surface area contributed by atoms with E-state index in [0.717, 1.165) is 6.42 Å². The van der Waals surface area contributed by atoms with Gasteiger partial charge in [-0.1, -0.05) is 20.8 Å². The van der Waals surface area contributed by atoms with Crippen LogP contribution in [0.25, 0.3) is 0 Å². The lowest BCUT2D eigenvalue weighted by atomic mass is 9.81. The Balaban J connectivity index is 2.55. The summed E-state index contributed by atoms with van der Waals surface area (Å²) in [4.78, 5) is 0. The fourth-order valence-corrected chi connectivity index (χ4v) is 1.54. The molecule has 0 amide bonds. The third-order valence-corrected chi connectivity index (χ3v) is 2.08. The highest BCUT2D eigenvalue weighted by Crippen LogP contribution is 2.34. The Morgan fingerprint density at radius 3 is 2.50 bits per heavy atom. The predicted molar refractivity (Wildman–Crippen MR) is 39.5 cm³/mol. The summed E-state index contributed by atoms with van der Waals surface area (Å²) < 4.78 is 5.16. The Hall–Kier alpha value is -0.0800. The van der Waals surface area contributed by atoms with Crippen molar-refractivity contribution in [3.8, 4) is 0 Å². The van der Waals surface area contributed by atoms with Crippen molar-refractivity contribution in [2.75, 3.05) is 6.61 Å². The first kappa shape index (κ1) is 8.02. The van der Waals surface area contributed by atoms with Gasteiger partial charge in [-0.3, -0.25) is 0 Å². The van der Waals surface area contributed by atoms with Gasteiger partial charge in [-0.05, 0) is 12.3 Å². The van der Waals surface area contributed by atoms with Crippen molar-refractivity contribution in [2.24, 2.45) is 11.3 Å². The van der Waals surface area contributed by atoms with E-state index in [2.05, 4.69) is 6.92 Å². The molecule has 0 aromatic carbocycles. The molecule has 60 valence electrons. The van der Waals surface area contributed by atoms with Gasteiger partial charge in [0, 0.05) is 5.41 Å². The van der Waals surface area contributed by atoms with Gasteiger partial charge in [-0.25, -0.2) is 0 Å². The second-order valence-corrected chi connectivity index (χ2v) is 3.98. The van der Waals surface area contributed by atoms with Crippen LogP contribution < -0.4 is 0 Å². The maximum atomic E-state index is 9.33. The van der Waals surface area contributed by atoms with Crippen molar-refractivity contribution in [2.45, 2.75) is 33.5 Å². The van der Waals surface area contributed by atoms with Gasteiger partial charge >= 0.3 is 0 Å². The summed E-state index contributed by atoms with van der Waals surface area (Å²) in [5.41, 5.74) is -0.0579. The number of hydrogen-bond acceptors (Lipinski definition) is 2. The third kappa shape index (κ3) is 1.50. The Bertz CT molecular complexity index is 120. The molecule has 1 fully saturated rings. The van der Waals surface area contributed by atoms with Crippen LogP contribution in [0.4, 0.5) is 0 Å². The van der Waals surface area contributed by atoms with Gasteiger partial charge in [0.1, 0.15) is 0 Å². The summed E-state index contributed by atoms with van der Waals surface area (Å²) in [6.07, 6.45) is 0.484. The summed E-state index contributed by atoms with van der Waals surface area (Å²) in [7, 11) is 0. The van der Waals surface area contributed by atoms with E-state index >= 15 is 0 Å². The first-order valence-electron chi connectivity index (χ1n) is 3.82. The molecule has 10 heavy (non-hydrogen) atoms. The van der Waals surface area contributed by atoms with Gasteiger partial charge in [-0.2, -0.15) is 0 Å². The average molecular weight is 144 g/mol. The summed E-state index contributed by atoms with van der Waals surface area (Å²) in [5, 5.41) is 9.33. The number of rotatable bonds is 0. The maximum Gasteiger partial charge on any atom is 0.159 e. The van der Waals surface area contributed by atoms with Crippen molar-refractivity contribution >= 4 is 0 Å². The molecule has 1 N–H and O–H groups in total. The van der Waals surface area contributed by atoms with E-state index < -0.39 is 6.29 Å². The predicted octanol–water partition coefficient (Wildman–Crippen LogP) is 1.39. The number of hydrogen-bond donors (Lipinski definition) is 1. The van der Waals surface area contributed by atoms with Crippen molar-refractivity contribution in [1.82, 2.24) is 0 Å². The second kappa shape index (κ2) is 2.51. The highest BCUT2D eigenvalue weighted by Gasteiger charge is 2.34. The van der Waals surface area contributed by atoms with Gasteiger partial charge < -0.3 is 9.84 Å². The molecule has 2 nitrogen and oxygen atoms in total. The lowest BCUT2D eigenvalue weighted by Crippen LogP contribution is -2.39. The van der Waals surface area contributed by atoms with Gasteiger partial charge in [0.15, 0.2) is 6.29 Å². The Kier molecular flexibility index (Phi) is 2.02. The van der Waals surface area contributed by atoms with Gasteiger partial charge in [0.2, 0.25) is 0 Å². The van der Waals surface area contributed by atoms with E-state index in [0.29, 0.717) is 12.5 Å². The molecule has 1 aliphatic rings. The molecule has 2 atom stereocenters. The van der Waals surface area contributed by atoms with E-state index in [9.17, 15) is 5.11 Å². The van der Waals surface area contributed by atoms with E-state index in [1.165, 1.54) is 0 Å². The molecule has 0 radical (unpaired) electrons. The molecule has 1 rings (SSSR count). The van der Waals surface area contributed by atoms with E-state index in [1.54, 1.807) is 0 Å². The summed E-state index contributed by atoms with van der Waals surface area (Å²) in [6.45, 7) is 6.92. The summed E-state index contributed by atoms with van der Waals surface area (Å²) in [6, 6.07) is 0. The zero-order valence-electron chi connectivity index (χ0n) is 6.92. The highest BCUT2D eigenvalue weighted by atomic mass is 16.6. The second-order valence-electron chi connectivity index (χ2n) is 3.98. The Labute approximate surface area is 62.2 Å². The molecule has 0 aromatic heterocycles. The third-order valence-electron chi connectivity index (χ3n) is 2.08. The van der Waals surface area contributed by atoms with E-state index in [-0.39, 0.29) is 5.41 Å². The fourth-order valence-electron chi connectivity index (χ4n) is 1.54. The smallest absolute Gasteiger partial charge is 0.159 e. The van der Waals surface area contributed by atoms with Crippen LogP contribution >= 0.6 is 0 Å². The van der Waals surface area contributed by atoms with Crippen LogP contribution in [-0.2, 0) is 4.74 Å². The van der Waals surface area contributed by atoms with Crippen LogP contribution in [-0.4, -0.2) is 18.0 Å². The molecule has 1 heterocycles. The quantitative estimate of drug-likeness (QED) is 0.556. The van der Waals surface area contributed by atoms with Gasteiger partial charge in [0.25, 0.3) is 0 Å². The first-order chi connectivity index (χ1) is 4.52. The van der Waals surface area contributed by atoms with Gasteiger partial charge in [0.05, 0.1) is 6.61 Å². The van der Waals surface area contributed by atoms with Crippen molar-refractivity contribution in [1.29, 1.82) is 0 Å². The Morgan fingerprint density at radius 1 is 1.50 bits per heavy atom. The largest absolute Gasteiger partial charge is 0.368 e. The minimum Gasteiger partial charge on any atom is -0.368 e. The number of ether oxygens (including phenoxy) is 1. The van der Waals surface area contributed by atoms with Crippen LogP contribution in [0.3, 0.4) is 0 Å². The van der Waals surface area contributed by atoms with Crippen molar-refractivity contribution in [3.05, 3.63) is 0 Å². The van der Waals surface area contributed by atoms with E-state index in [4.69, 9.17) is 4.74 Å². The molecule has 1 saturated heterocycles. The fraction of sp³-hybridized carbons (Fsp3) is 1.00. The summed E-state index contributed by atoms with van der Waals surface area (Å²) in [5.74, 6) is 0.582. The highest BCUT2D eigenvalue weighted by molar-refractivity contribution is 4.78. The molecule has 0 bridgehead atoms. The van der Waals surface area contributed by atoms with Crippen LogP contribution in [0.5, 0.6) is 0 Å². The van der Waals surface area contributed by atoms with E-state index in [1.807, 2.05) is 13.8 Å². The molecule has 1 aliphatic heterocycles. The lowest BCUT2D eigenvalue weighted by Gasteiger charge is -2.37. The standard InChI is InChI=1S/C8H16O2/c1-6-4-8(2,3)7(9)10-5-6/h6-7,9H,4-5H2,1-3H3/t6-,7+/m0/s1. The van der Waals surface area contributed by atoms with Crippen LogP contribution in [0.2, 0.25) is 0 Å². The Morgan fingerprint density at radius 2 is 2.10 bits per heavy atom. The maximum absolute atomic E-state index is 9.33. The molecule has 0 unspecified atom stereocenters. The van der Waals surface area contributed by atoms with Crippen LogP contribution in [0.1, 0.15) is 27.2 Å². The molecular weight excluding hydrogens is 128 g/mol. The van der Waals surface area contributed by atoms with Crippen LogP contribution in [0.15, 0.2) is 0 Å². The zero-order valence-corrected chi connectivity index (χ0v) is 6.92. The summed E-state index contributed by atoms with van der Waals surface area (Å²) >= 11 is 0. The average Bonchev–Trinajstić information content (AvgIpc) is 1.78. The van der Waals surface area contributed by atoms with Crippen molar-refractivity contribution in [3.63, 3.8) is 0 Å².